The van der Waals surface area contributed by atoms with Crippen LogP contribution in [-0.4, -0.2) is 10.5 Å². The molecule has 122 valence electrons. The van der Waals surface area contributed by atoms with Gasteiger partial charge in [0.25, 0.3) is 0 Å². The van der Waals surface area contributed by atoms with Crippen molar-refractivity contribution in [1.29, 1.82) is 0 Å². The SMILES string of the molecule is C#Cc1cc(Br)c(C(=[N+]=[N-])c2c(C)c(I)c(C)c(I)c2C)c(Br)c1. The van der Waals surface area contributed by atoms with Crippen molar-refractivity contribution < 1.29 is 4.79 Å². The first kappa shape index (κ1) is 20.1. The van der Waals surface area contributed by atoms with Crippen molar-refractivity contribution in [3.63, 3.8) is 0 Å². The number of rotatable bonds is 2. The van der Waals surface area contributed by atoms with Crippen molar-refractivity contribution in [2.45, 2.75) is 20.8 Å². The first-order valence-electron chi connectivity index (χ1n) is 6.87. The van der Waals surface area contributed by atoms with Crippen molar-refractivity contribution in [3.8, 4) is 12.3 Å². The van der Waals surface area contributed by atoms with E-state index < -0.39 is 0 Å². The van der Waals surface area contributed by atoms with E-state index in [0.717, 1.165) is 36.8 Å². The lowest BCUT2D eigenvalue weighted by atomic mass is 9.92. The zero-order valence-electron chi connectivity index (χ0n) is 13.1. The van der Waals surface area contributed by atoms with Crippen LogP contribution in [0.3, 0.4) is 0 Å². The predicted octanol–water partition coefficient (Wildman–Crippen LogP) is 6.39. The van der Waals surface area contributed by atoms with Crippen molar-refractivity contribution in [2.75, 3.05) is 0 Å². The molecular formula is C18H12Br2I2N2. The molecule has 2 aromatic rings. The van der Waals surface area contributed by atoms with Crippen LogP contribution in [0.4, 0.5) is 0 Å². The van der Waals surface area contributed by atoms with Gasteiger partial charge < -0.3 is 5.53 Å². The van der Waals surface area contributed by atoms with Gasteiger partial charge >= 0.3 is 5.71 Å². The van der Waals surface area contributed by atoms with Crippen LogP contribution in [0.1, 0.15) is 33.4 Å². The molecule has 6 heteroatoms. The van der Waals surface area contributed by atoms with Crippen LogP contribution in [0.25, 0.3) is 5.53 Å². The van der Waals surface area contributed by atoms with Crippen LogP contribution in [-0.2, 0) is 0 Å². The third-order valence-corrected chi connectivity index (χ3v) is 8.34. The molecule has 0 aromatic heterocycles. The summed E-state index contributed by atoms with van der Waals surface area (Å²) in [4.78, 5) is 3.64. The van der Waals surface area contributed by atoms with Gasteiger partial charge in [-0.15, -0.1) is 6.42 Å². The second-order valence-electron chi connectivity index (χ2n) is 5.29. The first-order chi connectivity index (χ1) is 11.2. The summed E-state index contributed by atoms with van der Waals surface area (Å²) < 4.78 is 3.90. The highest BCUT2D eigenvalue weighted by molar-refractivity contribution is 14.1. The minimum atomic E-state index is 0.517. The summed E-state index contributed by atoms with van der Waals surface area (Å²) in [6, 6.07) is 3.69. The molecule has 24 heavy (non-hydrogen) atoms. The van der Waals surface area contributed by atoms with Gasteiger partial charge in [-0.1, -0.05) is 5.92 Å². The Kier molecular flexibility index (Phi) is 6.71. The fourth-order valence-corrected chi connectivity index (χ4v) is 5.78. The van der Waals surface area contributed by atoms with E-state index in [1.54, 1.807) is 0 Å². The van der Waals surface area contributed by atoms with E-state index in [2.05, 4.69) is 109 Å². The maximum absolute atomic E-state index is 9.81. The molecule has 0 aliphatic carbocycles. The van der Waals surface area contributed by atoms with Crippen LogP contribution in [0.5, 0.6) is 0 Å². The standard InChI is InChI=1S/C18H12Br2I2N2/c1-5-11-6-12(19)15(13(20)7-11)18(24-23)14-8(2)16(21)10(4)17(22)9(14)3/h1,6-7H,2-4H3. The summed E-state index contributed by atoms with van der Waals surface area (Å²) in [6.07, 6.45) is 5.49. The van der Waals surface area contributed by atoms with E-state index in [9.17, 15) is 5.53 Å². The molecule has 0 spiro atoms. The number of nitrogens with zero attached hydrogens (tertiary/aromatic N) is 2. The quantitative estimate of drug-likeness (QED) is 0.117. The van der Waals surface area contributed by atoms with Crippen LogP contribution < -0.4 is 0 Å². The Hall–Kier alpha value is -0.200. The number of halogens is 4. The first-order valence-corrected chi connectivity index (χ1v) is 10.6. The molecule has 0 aliphatic rings. The lowest BCUT2D eigenvalue weighted by Gasteiger charge is -2.15. The molecule has 0 N–H and O–H groups in total. The molecule has 2 rings (SSSR count). The summed E-state index contributed by atoms with van der Waals surface area (Å²) in [5.74, 6) is 2.62. The molecule has 0 saturated heterocycles. The van der Waals surface area contributed by atoms with E-state index in [1.807, 2.05) is 12.1 Å². The highest BCUT2D eigenvalue weighted by atomic mass is 127. The Morgan fingerprint density at radius 1 is 1.00 bits per heavy atom. The molecule has 0 aliphatic heterocycles. The van der Waals surface area contributed by atoms with Crippen LogP contribution in [0, 0.1) is 40.3 Å². The van der Waals surface area contributed by atoms with E-state index in [0.29, 0.717) is 5.71 Å². The van der Waals surface area contributed by atoms with Gasteiger partial charge in [0.05, 0.1) is 11.1 Å². The third-order valence-electron chi connectivity index (χ3n) is 3.85. The Morgan fingerprint density at radius 3 is 1.83 bits per heavy atom. The number of hydrogen-bond donors (Lipinski definition) is 0. The second kappa shape index (κ2) is 8.00. The maximum atomic E-state index is 9.81. The van der Waals surface area contributed by atoms with Crippen molar-refractivity contribution in [2.24, 2.45) is 0 Å². The minimum Gasteiger partial charge on any atom is -0.361 e. The summed E-state index contributed by atoms with van der Waals surface area (Å²) in [7, 11) is 0. The summed E-state index contributed by atoms with van der Waals surface area (Å²) in [6.45, 7) is 6.21. The zero-order chi connectivity index (χ0) is 18.2. The Labute approximate surface area is 186 Å². The molecule has 0 atom stereocenters. The molecular weight excluding hydrogens is 658 g/mol. The van der Waals surface area contributed by atoms with E-state index in [-0.39, 0.29) is 0 Å². The van der Waals surface area contributed by atoms with Crippen LogP contribution in [0.15, 0.2) is 21.1 Å². The smallest absolute Gasteiger partial charge is 0.332 e. The molecule has 0 heterocycles. The van der Waals surface area contributed by atoms with Crippen molar-refractivity contribution in [1.82, 2.24) is 0 Å². The van der Waals surface area contributed by atoms with E-state index in [1.165, 1.54) is 12.7 Å². The summed E-state index contributed by atoms with van der Waals surface area (Å²) >= 11 is 11.8. The zero-order valence-corrected chi connectivity index (χ0v) is 20.6. The lowest BCUT2D eigenvalue weighted by molar-refractivity contribution is -0.00299. The molecule has 0 unspecified atom stereocenters. The van der Waals surface area contributed by atoms with Gasteiger partial charge in [-0.05, 0) is 127 Å². The summed E-state index contributed by atoms with van der Waals surface area (Å²) in [5, 5.41) is 0. The van der Waals surface area contributed by atoms with Gasteiger partial charge in [-0.3, -0.25) is 0 Å². The fraction of sp³-hybridized carbons (Fsp3) is 0.167. The maximum Gasteiger partial charge on any atom is 0.332 e. The number of hydrogen-bond acceptors (Lipinski definition) is 0. The minimum absolute atomic E-state index is 0.517. The third kappa shape index (κ3) is 3.51. The average Bonchev–Trinajstić information content (AvgIpc) is 2.55. The molecule has 0 amide bonds. The highest BCUT2D eigenvalue weighted by Crippen LogP contribution is 2.34. The number of benzene rings is 2. The Morgan fingerprint density at radius 2 is 1.46 bits per heavy atom. The molecule has 2 aromatic carbocycles. The molecule has 0 fully saturated rings. The topological polar surface area (TPSA) is 36.4 Å². The van der Waals surface area contributed by atoms with Gasteiger partial charge in [0.15, 0.2) is 0 Å². The molecule has 0 radical (unpaired) electrons. The highest BCUT2D eigenvalue weighted by Gasteiger charge is 2.28. The monoisotopic (exact) mass is 668 g/mol. The van der Waals surface area contributed by atoms with Gasteiger partial charge in [0.1, 0.15) is 0 Å². The molecule has 0 saturated carbocycles. The van der Waals surface area contributed by atoms with Gasteiger partial charge in [-0.2, -0.15) is 4.79 Å². The van der Waals surface area contributed by atoms with E-state index in [4.69, 9.17) is 6.42 Å². The van der Waals surface area contributed by atoms with Crippen LogP contribution in [0.2, 0.25) is 0 Å². The van der Waals surface area contributed by atoms with Crippen LogP contribution >= 0.6 is 77.0 Å². The Bertz CT molecular complexity index is 900. The van der Waals surface area contributed by atoms with Gasteiger partial charge in [-0.25, -0.2) is 0 Å². The van der Waals surface area contributed by atoms with Crippen molar-refractivity contribution >= 4 is 82.8 Å². The Balaban J connectivity index is 2.88. The summed E-state index contributed by atoms with van der Waals surface area (Å²) in [5.41, 5.74) is 16.2. The van der Waals surface area contributed by atoms with Gasteiger partial charge in [0, 0.05) is 21.6 Å². The lowest BCUT2D eigenvalue weighted by Crippen LogP contribution is -2.14. The van der Waals surface area contributed by atoms with Gasteiger partial charge in [0.2, 0.25) is 0 Å². The normalized spacial score (nSPS) is 10.2. The second-order valence-corrected chi connectivity index (χ2v) is 9.15. The molecule has 2 nitrogen and oxygen atoms in total. The predicted molar refractivity (Wildman–Crippen MR) is 123 cm³/mol. The van der Waals surface area contributed by atoms with E-state index >= 15 is 0 Å². The largest absolute Gasteiger partial charge is 0.361 e. The fourth-order valence-electron chi connectivity index (χ4n) is 2.62. The number of terminal acetylenes is 1. The molecule has 0 bridgehead atoms. The average molecular weight is 670 g/mol. The van der Waals surface area contributed by atoms with Crippen molar-refractivity contribution in [3.05, 3.63) is 67.1 Å².